The molecule has 0 fully saturated rings. The summed E-state index contributed by atoms with van der Waals surface area (Å²) in [6.07, 6.45) is 0.321. The molecule has 0 radical (unpaired) electrons. The Bertz CT molecular complexity index is 454. The van der Waals surface area contributed by atoms with Gasteiger partial charge in [0.15, 0.2) is 0 Å². The third kappa shape index (κ3) is 1.98. The van der Waals surface area contributed by atoms with Crippen LogP contribution in [0.15, 0.2) is 24.3 Å². The molecule has 0 spiro atoms. The lowest BCUT2D eigenvalue weighted by Crippen LogP contribution is -2.23. The van der Waals surface area contributed by atoms with Crippen molar-refractivity contribution in [1.82, 2.24) is 14.9 Å². The van der Waals surface area contributed by atoms with Crippen LogP contribution in [0.1, 0.15) is 5.82 Å². The van der Waals surface area contributed by atoms with Crippen LogP contribution in [0.4, 0.5) is 0 Å². The molecule has 0 saturated heterocycles. The number of H-pyrrole nitrogens is 1. The molecule has 1 amide bonds. The molecule has 0 saturated carbocycles. The van der Waals surface area contributed by atoms with Crippen molar-refractivity contribution in [2.75, 3.05) is 14.1 Å². The first-order valence-electron chi connectivity index (χ1n) is 4.80. The van der Waals surface area contributed by atoms with Crippen molar-refractivity contribution in [2.45, 2.75) is 6.42 Å². The minimum Gasteiger partial charge on any atom is -0.348 e. The van der Waals surface area contributed by atoms with E-state index in [2.05, 4.69) is 9.97 Å². The Balaban J connectivity index is 2.26. The summed E-state index contributed by atoms with van der Waals surface area (Å²) in [6.45, 7) is 0. The van der Waals surface area contributed by atoms with E-state index >= 15 is 0 Å². The molecule has 0 unspecified atom stereocenters. The molecule has 0 aliphatic rings. The van der Waals surface area contributed by atoms with Crippen molar-refractivity contribution in [3.8, 4) is 0 Å². The van der Waals surface area contributed by atoms with E-state index in [1.54, 1.807) is 19.0 Å². The standard InChI is InChI=1S/C11H13N3O/c1-14(2)11(15)7-10-12-8-5-3-4-6-9(8)13-10/h3-6H,7H2,1-2H3,(H,12,13). The zero-order valence-corrected chi connectivity index (χ0v) is 8.82. The summed E-state index contributed by atoms with van der Waals surface area (Å²) < 4.78 is 0. The van der Waals surface area contributed by atoms with Crippen molar-refractivity contribution in [3.05, 3.63) is 30.1 Å². The number of nitrogens with one attached hydrogen (secondary N) is 1. The molecule has 2 aromatic rings. The van der Waals surface area contributed by atoms with Crippen molar-refractivity contribution in [1.29, 1.82) is 0 Å². The molecular formula is C11H13N3O. The van der Waals surface area contributed by atoms with Gasteiger partial charge in [-0.15, -0.1) is 0 Å². The molecule has 1 heterocycles. The fraction of sp³-hybridized carbons (Fsp3) is 0.273. The summed E-state index contributed by atoms with van der Waals surface area (Å²) in [7, 11) is 3.48. The Labute approximate surface area is 87.9 Å². The summed E-state index contributed by atoms with van der Waals surface area (Å²) in [5.74, 6) is 0.768. The number of nitrogens with zero attached hydrogens (tertiary/aromatic N) is 2. The number of carbonyl (C=O) groups excluding carboxylic acids is 1. The van der Waals surface area contributed by atoms with Gasteiger partial charge in [-0.1, -0.05) is 12.1 Å². The zero-order chi connectivity index (χ0) is 10.8. The number of rotatable bonds is 2. The number of carbonyl (C=O) groups is 1. The Kier molecular flexibility index (Phi) is 2.41. The van der Waals surface area contributed by atoms with Gasteiger partial charge in [-0.05, 0) is 12.1 Å². The second-order valence-electron chi connectivity index (χ2n) is 3.67. The molecule has 15 heavy (non-hydrogen) atoms. The molecular weight excluding hydrogens is 190 g/mol. The van der Waals surface area contributed by atoms with Gasteiger partial charge >= 0.3 is 0 Å². The number of fused-ring (bicyclic) bond motifs is 1. The molecule has 1 N–H and O–H groups in total. The van der Waals surface area contributed by atoms with E-state index in [4.69, 9.17) is 0 Å². The molecule has 78 valence electrons. The number of hydrogen-bond acceptors (Lipinski definition) is 2. The lowest BCUT2D eigenvalue weighted by atomic mass is 10.3. The molecule has 0 atom stereocenters. The van der Waals surface area contributed by atoms with E-state index in [9.17, 15) is 4.79 Å². The highest BCUT2D eigenvalue weighted by Crippen LogP contribution is 2.10. The summed E-state index contributed by atoms with van der Waals surface area (Å²) in [6, 6.07) is 7.75. The largest absolute Gasteiger partial charge is 0.348 e. The van der Waals surface area contributed by atoms with Crippen molar-refractivity contribution < 1.29 is 4.79 Å². The van der Waals surface area contributed by atoms with Gasteiger partial charge < -0.3 is 9.88 Å². The van der Waals surface area contributed by atoms with Gasteiger partial charge in [0.2, 0.25) is 5.91 Å². The first-order valence-corrected chi connectivity index (χ1v) is 4.80. The van der Waals surface area contributed by atoms with Gasteiger partial charge in [0, 0.05) is 14.1 Å². The highest BCUT2D eigenvalue weighted by atomic mass is 16.2. The van der Waals surface area contributed by atoms with Crippen molar-refractivity contribution in [3.63, 3.8) is 0 Å². The summed E-state index contributed by atoms with van der Waals surface area (Å²) in [4.78, 5) is 20.5. The van der Waals surface area contributed by atoms with Crippen LogP contribution >= 0.6 is 0 Å². The van der Waals surface area contributed by atoms with Gasteiger partial charge in [0.05, 0.1) is 17.5 Å². The predicted molar refractivity (Wildman–Crippen MR) is 58.5 cm³/mol. The van der Waals surface area contributed by atoms with E-state index < -0.39 is 0 Å². The third-order valence-electron chi connectivity index (χ3n) is 2.26. The third-order valence-corrected chi connectivity index (χ3v) is 2.26. The average Bonchev–Trinajstić information content (AvgIpc) is 2.59. The summed E-state index contributed by atoms with van der Waals surface area (Å²) in [5, 5.41) is 0. The van der Waals surface area contributed by atoms with Crippen molar-refractivity contribution in [2.24, 2.45) is 0 Å². The van der Waals surface area contributed by atoms with Gasteiger partial charge in [0.1, 0.15) is 5.82 Å². The number of para-hydroxylation sites is 2. The number of amides is 1. The first-order chi connectivity index (χ1) is 7.16. The molecule has 0 aliphatic heterocycles. The lowest BCUT2D eigenvalue weighted by molar-refractivity contribution is -0.128. The van der Waals surface area contributed by atoms with Crippen LogP contribution in [0.25, 0.3) is 11.0 Å². The molecule has 0 aliphatic carbocycles. The fourth-order valence-electron chi connectivity index (χ4n) is 1.39. The Morgan fingerprint density at radius 1 is 1.40 bits per heavy atom. The second kappa shape index (κ2) is 3.73. The highest BCUT2D eigenvalue weighted by molar-refractivity contribution is 5.80. The number of imidazole rings is 1. The van der Waals surface area contributed by atoms with Crippen LogP contribution in [0.5, 0.6) is 0 Å². The maximum atomic E-state index is 11.5. The highest BCUT2D eigenvalue weighted by Gasteiger charge is 2.08. The van der Waals surface area contributed by atoms with Gasteiger partial charge in [-0.2, -0.15) is 0 Å². The maximum absolute atomic E-state index is 11.5. The number of likely N-dealkylation sites (N-methyl/N-ethyl adjacent to an activating group) is 1. The topological polar surface area (TPSA) is 49.0 Å². The minimum atomic E-state index is 0.0501. The number of benzene rings is 1. The van der Waals surface area contributed by atoms with Gasteiger partial charge in [-0.25, -0.2) is 4.98 Å². The van der Waals surface area contributed by atoms with Gasteiger partial charge in [-0.3, -0.25) is 4.79 Å². The minimum absolute atomic E-state index is 0.0501. The van der Waals surface area contributed by atoms with Crippen LogP contribution < -0.4 is 0 Å². The van der Waals surface area contributed by atoms with Crippen LogP contribution in [0, 0.1) is 0 Å². The number of hydrogen-bond donors (Lipinski definition) is 1. The number of aromatic amines is 1. The second-order valence-corrected chi connectivity index (χ2v) is 3.67. The fourth-order valence-corrected chi connectivity index (χ4v) is 1.39. The summed E-state index contributed by atoms with van der Waals surface area (Å²) in [5.41, 5.74) is 1.87. The van der Waals surface area contributed by atoms with Crippen LogP contribution in [0.2, 0.25) is 0 Å². The van der Waals surface area contributed by atoms with E-state index in [0.29, 0.717) is 6.42 Å². The quantitative estimate of drug-likeness (QED) is 0.797. The molecule has 4 heteroatoms. The van der Waals surface area contributed by atoms with E-state index in [-0.39, 0.29) is 5.91 Å². The number of aromatic nitrogens is 2. The maximum Gasteiger partial charge on any atom is 0.229 e. The Hall–Kier alpha value is -1.84. The Morgan fingerprint density at radius 2 is 2.13 bits per heavy atom. The molecule has 4 nitrogen and oxygen atoms in total. The predicted octanol–water partition coefficient (Wildman–Crippen LogP) is 1.19. The van der Waals surface area contributed by atoms with Crippen LogP contribution in [0.3, 0.4) is 0 Å². The van der Waals surface area contributed by atoms with Crippen molar-refractivity contribution >= 4 is 16.9 Å². The van der Waals surface area contributed by atoms with E-state index in [1.807, 2.05) is 24.3 Å². The molecule has 0 bridgehead atoms. The van der Waals surface area contributed by atoms with Crippen LogP contribution in [-0.2, 0) is 11.2 Å². The Morgan fingerprint density at radius 3 is 2.80 bits per heavy atom. The van der Waals surface area contributed by atoms with Gasteiger partial charge in [0.25, 0.3) is 0 Å². The first kappa shape index (κ1) is 9.71. The average molecular weight is 203 g/mol. The monoisotopic (exact) mass is 203 g/mol. The smallest absolute Gasteiger partial charge is 0.229 e. The lowest BCUT2D eigenvalue weighted by Gasteiger charge is -2.07. The van der Waals surface area contributed by atoms with E-state index in [0.717, 1.165) is 16.9 Å². The zero-order valence-electron chi connectivity index (χ0n) is 8.82. The molecule has 1 aromatic heterocycles. The van der Waals surface area contributed by atoms with Crippen LogP contribution in [-0.4, -0.2) is 34.9 Å². The molecule has 1 aromatic carbocycles. The normalized spacial score (nSPS) is 10.5. The summed E-state index contributed by atoms with van der Waals surface area (Å²) >= 11 is 0. The molecule has 2 rings (SSSR count). The van der Waals surface area contributed by atoms with E-state index in [1.165, 1.54) is 0 Å². The SMILES string of the molecule is CN(C)C(=O)Cc1nc2ccccc2[nH]1.